The first kappa shape index (κ1) is 19.5. The van der Waals surface area contributed by atoms with Crippen molar-refractivity contribution >= 4 is 54.5 Å². The number of furan rings is 1. The van der Waals surface area contributed by atoms with Crippen molar-refractivity contribution in [3.05, 3.63) is 127 Å². The van der Waals surface area contributed by atoms with Gasteiger partial charge in [0.15, 0.2) is 0 Å². The summed E-state index contributed by atoms with van der Waals surface area (Å²) in [5, 5.41) is 7.29. The molecule has 0 spiro atoms. The van der Waals surface area contributed by atoms with E-state index in [1.54, 1.807) is 0 Å². The van der Waals surface area contributed by atoms with Gasteiger partial charge in [-0.1, -0.05) is 103 Å². The summed E-state index contributed by atoms with van der Waals surface area (Å²) in [4.78, 5) is 0. The number of hydrogen-bond acceptors (Lipinski definition) is 1. The van der Waals surface area contributed by atoms with Gasteiger partial charge in [0, 0.05) is 32.5 Å². The Balaban J connectivity index is 1.47. The zero-order valence-corrected chi connectivity index (χ0v) is 19.5. The average Bonchev–Trinajstić information content (AvgIpc) is 3.48. The highest BCUT2D eigenvalue weighted by Crippen LogP contribution is 2.39. The normalized spacial score (nSPS) is 11.9. The third-order valence-electron chi connectivity index (χ3n) is 7.40. The lowest BCUT2D eigenvalue weighted by Crippen LogP contribution is -1.95. The Kier molecular flexibility index (Phi) is 3.97. The van der Waals surface area contributed by atoms with Gasteiger partial charge in [0.05, 0.1) is 16.7 Å². The molecule has 0 amide bonds. The Bertz CT molecular complexity index is 2100. The molecule has 0 atom stereocenters. The van der Waals surface area contributed by atoms with E-state index in [0.29, 0.717) is 0 Å². The highest BCUT2D eigenvalue weighted by Gasteiger charge is 2.17. The van der Waals surface area contributed by atoms with E-state index in [1.165, 1.54) is 38.3 Å². The first-order valence-corrected chi connectivity index (χ1v) is 12.3. The molecule has 0 fully saturated rings. The molecule has 168 valence electrons. The smallest absolute Gasteiger partial charge is 0.143 e. The lowest BCUT2D eigenvalue weighted by atomic mass is 10.0. The van der Waals surface area contributed by atoms with E-state index in [2.05, 4.69) is 120 Å². The highest BCUT2D eigenvalue weighted by atomic mass is 16.3. The van der Waals surface area contributed by atoms with Crippen molar-refractivity contribution in [3.63, 3.8) is 0 Å². The maximum Gasteiger partial charge on any atom is 0.143 e. The van der Waals surface area contributed by atoms with Crippen molar-refractivity contribution in [2.45, 2.75) is 0 Å². The highest BCUT2D eigenvalue weighted by molar-refractivity contribution is 6.13. The Morgan fingerprint density at radius 1 is 0.472 bits per heavy atom. The van der Waals surface area contributed by atoms with Crippen LogP contribution < -0.4 is 0 Å². The Hall–Kier alpha value is -4.82. The van der Waals surface area contributed by atoms with Crippen LogP contribution in [0.3, 0.4) is 0 Å². The molecule has 2 nitrogen and oxygen atoms in total. The van der Waals surface area contributed by atoms with Crippen molar-refractivity contribution in [1.29, 1.82) is 0 Å². The Morgan fingerprint density at radius 2 is 1.17 bits per heavy atom. The number of nitrogens with zero attached hydrogens (tertiary/aromatic N) is 1. The van der Waals surface area contributed by atoms with Crippen molar-refractivity contribution in [1.82, 2.24) is 4.57 Å². The summed E-state index contributed by atoms with van der Waals surface area (Å²) in [6.45, 7) is 0. The lowest BCUT2D eigenvalue weighted by molar-refractivity contribution is 0.670. The molecule has 6 aromatic carbocycles. The monoisotopic (exact) mass is 459 g/mol. The van der Waals surface area contributed by atoms with Gasteiger partial charge in [-0.25, -0.2) is 0 Å². The maximum atomic E-state index is 6.37. The Labute approximate surface area is 207 Å². The van der Waals surface area contributed by atoms with Crippen LogP contribution in [0.2, 0.25) is 0 Å². The molecule has 36 heavy (non-hydrogen) atoms. The van der Waals surface area contributed by atoms with Crippen LogP contribution in [0.4, 0.5) is 0 Å². The van der Waals surface area contributed by atoms with E-state index >= 15 is 0 Å². The molecule has 2 aromatic heterocycles. The molecule has 0 unspecified atom stereocenters. The fraction of sp³-hybridized carbons (Fsp3) is 0. The predicted molar refractivity (Wildman–Crippen MR) is 151 cm³/mol. The van der Waals surface area contributed by atoms with Crippen LogP contribution in [0, 0.1) is 0 Å². The molecule has 0 aliphatic heterocycles. The number of para-hydroxylation sites is 3. The summed E-state index contributed by atoms with van der Waals surface area (Å²) in [5.74, 6) is 0. The van der Waals surface area contributed by atoms with E-state index in [0.717, 1.165) is 33.1 Å². The van der Waals surface area contributed by atoms with E-state index in [9.17, 15) is 0 Å². The average molecular weight is 460 g/mol. The molecule has 0 saturated heterocycles. The van der Waals surface area contributed by atoms with Gasteiger partial charge in [0.2, 0.25) is 0 Å². The zero-order chi connectivity index (χ0) is 23.6. The summed E-state index contributed by atoms with van der Waals surface area (Å²) in [6, 6.07) is 45.4. The summed E-state index contributed by atoms with van der Waals surface area (Å²) < 4.78 is 8.79. The molecule has 2 heterocycles. The number of benzene rings is 6. The van der Waals surface area contributed by atoms with Crippen molar-refractivity contribution in [2.24, 2.45) is 0 Å². The minimum atomic E-state index is 0.922. The van der Waals surface area contributed by atoms with E-state index in [4.69, 9.17) is 4.42 Å². The molecule has 0 saturated carbocycles. The van der Waals surface area contributed by atoms with Gasteiger partial charge in [-0.05, 0) is 35.2 Å². The summed E-state index contributed by atoms with van der Waals surface area (Å²) in [6.07, 6.45) is 0. The fourth-order valence-electron chi connectivity index (χ4n) is 5.78. The first-order valence-electron chi connectivity index (χ1n) is 12.3. The molecular weight excluding hydrogens is 438 g/mol. The van der Waals surface area contributed by atoms with Gasteiger partial charge in [0.25, 0.3) is 0 Å². The topological polar surface area (TPSA) is 18.1 Å². The molecule has 8 aromatic rings. The molecule has 8 rings (SSSR count). The van der Waals surface area contributed by atoms with E-state index in [-0.39, 0.29) is 0 Å². The maximum absolute atomic E-state index is 6.37. The predicted octanol–water partition coefficient (Wildman–Crippen LogP) is 9.50. The van der Waals surface area contributed by atoms with Gasteiger partial charge in [-0.15, -0.1) is 0 Å². The number of rotatable bonds is 2. The quantitative estimate of drug-likeness (QED) is 0.252. The van der Waals surface area contributed by atoms with Crippen LogP contribution in [0.15, 0.2) is 132 Å². The molecule has 2 heteroatoms. The number of hydrogen-bond donors (Lipinski definition) is 0. The SMILES string of the molecule is c1ccc2c(-n3c4ccccc4c4ccc(-c5cccc6c5oc5ccccc56)cc43)cccc2c1. The molecular formula is C34H21NO. The number of aromatic nitrogens is 1. The second-order valence-corrected chi connectivity index (χ2v) is 9.36. The van der Waals surface area contributed by atoms with Crippen LogP contribution >= 0.6 is 0 Å². The van der Waals surface area contributed by atoms with Gasteiger partial charge >= 0.3 is 0 Å². The third kappa shape index (κ3) is 2.67. The van der Waals surface area contributed by atoms with Gasteiger partial charge in [-0.2, -0.15) is 0 Å². The number of fused-ring (bicyclic) bond motifs is 7. The fourth-order valence-corrected chi connectivity index (χ4v) is 5.78. The summed E-state index contributed by atoms with van der Waals surface area (Å²) >= 11 is 0. The summed E-state index contributed by atoms with van der Waals surface area (Å²) in [7, 11) is 0. The van der Waals surface area contributed by atoms with Crippen molar-refractivity contribution in [3.8, 4) is 16.8 Å². The Morgan fingerprint density at radius 3 is 2.11 bits per heavy atom. The van der Waals surface area contributed by atoms with Crippen LogP contribution in [-0.4, -0.2) is 4.57 Å². The van der Waals surface area contributed by atoms with Gasteiger partial charge < -0.3 is 8.98 Å². The van der Waals surface area contributed by atoms with E-state index in [1.807, 2.05) is 12.1 Å². The third-order valence-corrected chi connectivity index (χ3v) is 7.40. The standard InChI is InChI=1S/C34H21NO/c1-2-11-24-22(9-1)10-7-17-30(24)35-31-16-5-3-12-26(31)27-20-19-23(21-32(27)35)25-14-8-15-29-28-13-4-6-18-33(28)36-34(25)29/h1-21H. The molecule has 0 N–H and O–H groups in total. The second kappa shape index (κ2) is 7.34. The molecule has 0 bridgehead atoms. The molecule has 0 aliphatic carbocycles. The van der Waals surface area contributed by atoms with Gasteiger partial charge in [0.1, 0.15) is 11.2 Å². The largest absolute Gasteiger partial charge is 0.455 e. The van der Waals surface area contributed by atoms with Crippen LogP contribution in [-0.2, 0) is 0 Å². The van der Waals surface area contributed by atoms with Crippen molar-refractivity contribution < 1.29 is 4.42 Å². The van der Waals surface area contributed by atoms with Crippen LogP contribution in [0.1, 0.15) is 0 Å². The van der Waals surface area contributed by atoms with Gasteiger partial charge in [-0.3, -0.25) is 0 Å². The molecule has 0 radical (unpaired) electrons. The lowest BCUT2D eigenvalue weighted by Gasteiger charge is -2.12. The minimum absolute atomic E-state index is 0.922. The van der Waals surface area contributed by atoms with Crippen LogP contribution in [0.5, 0.6) is 0 Å². The van der Waals surface area contributed by atoms with E-state index < -0.39 is 0 Å². The zero-order valence-electron chi connectivity index (χ0n) is 19.5. The second-order valence-electron chi connectivity index (χ2n) is 9.36. The molecule has 0 aliphatic rings. The first-order chi connectivity index (χ1) is 17.9. The van der Waals surface area contributed by atoms with Crippen molar-refractivity contribution in [2.75, 3.05) is 0 Å². The summed E-state index contributed by atoms with van der Waals surface area (Å²) in [5.41, 5.74) is 7.72. The van der Waals surface area contributed by atoms with Crippen LogP contribution in [0.25, 0.3) is 71.3 Å². The minimum Gasteiger partial charge on any atom is -0.455 e.